The first-order valence-corrected chi connectivity index (χ1v) is 12.0. The van der Waals surface area contributed by atoms with Crippen LogP contribution in [-0.2, 0) is 6.18 Å². The van der Waals surface area contributed by atoms with Crippen LogP contribution < -0.4 is 4.90 Å². The lowest BCUT2D eigenvalue weighted by atomic mass is 9.87. The third-order valence-electron chi connectivity index (χ3n) is 7.20. The molecule has 190 valence electrons. The summed E-state index contributed by atoms with van der Waals surface area (Å²) < 4.78 is 58.5. The van der Waals surface area contributed by atoms with Crippen LogP contribution in [-0.4, -0.2) is 61.5 Å². The van der Waals surface area contributed by atoms with Crippen molar-refractivity contribution in [3.05, 3.63) is 89.6 Å². The molecule has 2 aromatic carbocycles. The lowest BCUT2D eigenvalue weighted by molar-refractivity contribution is -0.137. The summed E-state index contributed by atoms with van der Waals surface area (Å²) in [5, 5.41) is 0. The topological polar surface area (TPSA) is 39.9 Å². The highest BCUT2D eigenvalue weighted by molar-refractivity contribution is 5.94. The van der Waals surface area contributed by atoms with Gasteiger partial charge in [-0.1, -0.05) is 18.2 Å². The van der Waals surface area contributed by atoms with Crippen molar-refractivity contribution >= 4 is 11.6 Å². The van der Waals surface area contributed by atoms with Gasteiger partial charge in [-0.15, -0.1) is 0 Å². The van der Waals surface area contributed by atoms with Crippen LogP contribution in [0.3, 0.4) is 0 Å². The number of hydrogen-bond acceptors (Lipinski definition) is 4. The SMILES string of the molecule is O=C(c1ccoc1)N1CC(CN2CCN(c3ccc(F)cc3)CC2)C(c2cccc(C(F)(F)F)c2)C1. The zero-order valence-corrected chi connectivity index (χ0v) is 19.6. The Balaban J connectivity index is 1.31. The van der Waals surface area contributed by atoms with Crippen LogP contribution in [0.4, 0.5) is 23.2 Å². The molecule has 2 aliphatic rings. The number of alkyl halides is 3. The fourth-order valence-electron chi connectivity index (χ4n) is 5.29. The minimum atomic E-state index is -4.42. The lowest BCUT2D eigenvalue weighted by Crippen LogP contribution is -2.48. The van der Waals surface area contributed by atoms with Crippen molar-refractivity contribution in [3.63, 3.8) is 0 Å². The fourth-order valence-corrected chi connectivity index (χ4v) is 5.29. The van der Waals surface area contributed by atoms with Crippen molar-refractivity contribution < 1.29 is 26.8 Å². The average molecular weight is 502 g/mol. The number of benzene rings is 2. The van der Waals surface area contributed by atoms with Crippen LogP contribution in [0, 0.1) is 11.7 Å². The first kappa shape index (κ1) is 24.4. The van der Waals surface area contributed by atoms with Crippen molar-refractivity contribution in [2.75, 3.05) is 50.7 Å². The van der Waals surface area contributed by atoms with E-state index in [4.69, 9.17) is 4.42 Å². The number of carbonyl (C=O) groups excluding carboxylic acids is 1. The summed E-state index contributed by atoms with van der Waals surface area (Å²) in [5.74, 6) is -0.668. The van der Waals surface area contributed by atoms with Crippen LogP contribution in [0.2, 0.25) is 0 Å². The van der Waals surface area contributed by atoms with Crippen LogP contribution in [0.1, 0.15) is 27.4 Å². The van der Waals surface area contributed by atoms with Gasteiger partial charge in [0.1, 0.15) is 12.1 Å². The maximum Gasteiger partial charge on any atom is 0.416 e. The molecule has 1 amide bonds. The predicted octanol–water partition coefficient (Wildman–Crippen LogP) is 5.12. The Hall–Kier alpha value is -3.33. The first-order valence-electron chi connectivity index (χ1n) is 12.0. The number of carbonyl (C=O) groups is 1. The van der Waals surface area contributed by atoms with Gasteiger partial charge in [0.05, 0.1) is 17.4 Å². The van der Waals surface area contributed by atoms with Crippen LogP contribution in [0.5, 0.6) is 0 Å². The summed E-state index contributed by atoms with van der Waals surface area (Å²) in [4.78, 5) is 19.2. The van der Waals surface area contributed by atoms with E-state index in [1.54, 1.807) is 29.2 Å². The molecule has 5 rings (SSSR count). The molecule has 0 N–H and O–H groups in total. The summed E-state index contributed by atoms with van der Waals surface area (Å²) >= 11 is 0. The largest absolute Gasteiger partial charge is 0.472 e. The Morgan fingerprint density at radius 3 is 2.39 bits per heavy atom. The number of rotatable bonds is 5. The molecule has 3 aromatic rings. The van der Waals surface area contributed by atoms with E-state index in [-0.39, 0.29) is 23.6 Å². The van der Waals surface area contributed by atoms with Gasteiger partial charge in [0.15, 0.2) is 0 Å². The number of likely N-dealkylation sites (tertiary alicyclic amines) is 1. The van der Waals surface area contributed by atoms with E-state index in [1.165, 1.54) is 36.8 Å². The highest BCUT2D eigenvalue weighted by Crippen LogP contribution is 2.37. The molecule has 36 heavy (non-hydrogen) atoms. The molecule has 0 saturated carbocycles. The van der Waals surface area contributed by atoms with Crippen LogP contribution in [0.15, 0.2) is 71.5 Å². The summed E-state index contributed by atoms with van der Waals surface area (Å²) in [6.07, 6.45) is -1.59. The summed E-state index contributed by atoms with van der Waals surface area (Å²) in [7, 11) is 0. The number of halogens is 4. The van der Waals surface area contributed by atoms with Gasteiger partial charge in [0, 0.05) is 57.4 Å². The van der Waals surface area contributed by atoms with Crippen molar-refractivity contribution in [1.82, 2.24) is 9.80 Å². The fraction of sp³-hybridized carbons (Fsp3) is 0.370. The van der Waals surface area contributed by atoms with Gasteiger partial charge >= 0.3 is 6.18 Å². The summed E-state index contributed by atoms with van der Waals surface area (Å²) in [6.45, 7) is 4.58. The number of hydrogen-bond donors (Lipinski definition) is 0. The summed E-state index contributed by atoms with van der Waals surface area (Å²) in [6, 6.07) is 13.5. The molecule has 0 radical (unpaired) electrons. The molecule has 1 aromatic heterocycles. The molecule has 0 bridgehead atoms. The zero-order chi connectivity index (χ0) is 25.3. The van der Waals surface area contributed by atoms with Gasteiger partial charge < -0.3 is 14.2 Å². The number of furan rings is 1. The third kappa shape index (κ3) is 5.26. The number of nitrogens with zero attached hydrogens (tertiary/aromatic N) is 3. The lowest BCUT2D eigenvalue weighted by Gasteiger charge is -2.38. The van der Waals surface area contributed by atoms with E-state index >= 15 is 0 Å². The van der Waals surface area contributed by atoms with E-state index < -0.39 is 11.7 Å². The molecule has 2 saturated heterocycles. The minimum Gasteiger partial charge on any atom is -0.472 e. The monoisotopic (exact) mass is 501 g/mol. The molecular weight excluding hydrogens is 474 g/mol. The van der Waals surface area contributed by atoms with Gasteiger partial charge in [0.25, 0.3) is 5.91 Å². The molecule has 2 aliphatic heterocycles. The Morgan fingerprint density at radius 1 is 0.972 bits per heavy atom. The van der Waals surface area contributed by atoms with Gasteiger partial charge in [-0.05, 0) is 47.9 Å². The Bertz CT molecular complexity index is 1170. The summed E-state index contributed by atoms with van der Waals surface area (Å²) in [5.41, 5.74) is 1.33. The van der Waals surface area contributed by atoms with Crippen molar-refractivity contribution in [2.45, 2.75) is 12.1 Å². The highest BCUT2D eigenvalue weighted by atomic mass is 19.4. The Morgan fingerprint density at radius 2 is 1.72 bits per heavy atom. The average Bonchev–Trinajstić information content (AvgIpc) is 3.55. The number of anilines is 1. The highest BCUT2D eigenvalue weighted by Gasteiger charge is 2.39. The van der Waals surface area contributed by atoms with Gasteiger partial charge in [-0.3, -0.25) is 9.69 Å². The normalized spacial score (nSPS) is 21.2. The van der Waals surface area contributed by atoms with Crippen LogP contribution >= 0.6 is 0 Å². The number of piperazine rings is 1. The minimum absolute atomic E-state index is 0.0123. The standard InChI is InChI=1S/C27H27F4N3O2/c28-23-4-6-24(7-5-23)33-11-9-32(10-12-33)15-21-16-34(26(35)20-8-13-36-18-20)17-25(21)19-2-1-3-22(14-19)27(29,30)31/h1-8,13-14,18,21,25H,9-12,15-17H2. The molecule has 0 spiro atoms. The van der Waals surface area contributed by atoms with Gasteiger partial charge in [-0.2, -0.15) is 13.2 Å². The molecule has 5 nitrogen and oxygen atoms in total. The smallest absolute Gasteiger partial charge is 0.416 e. The van der Waals surface area contributed by atoms with Crippen molar-refractivity contribution in [2.24, 2.45) is 5.92 Å². The maximum absolute atomic E-state index is 13.4. The van der Waals surface area contributed by atoms with Crippen molar-refractivity contribution in [3.8, 4) is 0 Å². The van der Waals surface area contributed by atoms with E-state index in [0.717, 1.165) is 37.9 Å². The maximum atomic E-state index is 13.4. The quantitative estimate of drug-likeness (QED) is 0.456. The molecule has 2 fully saturated rings. The second kappa shape index (κ2) is 9.97. The molecule has 9 heteroatoms. The molecule has 2 unspecified atom stereocenters. The van der Waals surface area contributed by atoms with Crippen molar-refractivity contribution in [1.29, 1.82) is 0 Å². The van der Waals surface area contributed by atoms with E-state index in [2.05, 4.69) is 9.80 Å². The molecule has 3 heterocycles. The Labute approximate surface area is 206 Å². The van der Waals surface area contributed by atoms with Crippen LogP contribution in [0.25, 0.3) is 0 Å². The molecule has 0 aliphatic carbocycles. The van der Waals surface area contributed by atoms with Gasteiger partial charge in [0.2, 0.25) is 0 Å². The van der Waals surface area contributed by atoms with E-state index in [9.17, 15) is 22.4 Å². The van der Waals surface area contributed by atoms with Gasteiger partial charge in [-0.25, -0.2) is 4.39 Å². The zero-order valence-electron chi connectivity index (χ0n) is 19.6. The molecular formula is C27H27F4N3O2. The predicted molar refractivity (Wildman–Crippen MR) is 127 cm³/mol. The Kier molecular flexibility index (Phi) is 6.75. The van der Waals surface area contributed by atoms with E-state index in [1.807, 2.05) is 0 Å². The third-order valence-corrected chi connectivity index (χ3v) is 7.20. The number of amides is 1. The second-order valence-electron chi connectivity index (χ2n) is 9.48. The second-order valence-corrected chi connectivity index (χ2v) is 9.48. The molecule has 2 atom stereocenters. The van der Waals surface area contributed by atoms with E-state index in [0.29, 0.717) is 30.8 Å². The first-order chi connectivity index (χ1) is 17.3.